The molecule has 18 heavy (non-hydrogen) atoms. The topological polar surface area (TPSA) is 35.5 Å². The first-order valence-corrected chi connectivity index (χ1v) is 6.73. The molecule has 2 N–H and O–H groups in total. The van der Waals surface area contributed by atoms with E-state index in [1.807, 2.05) is 26.0 Å². The lowest BCUT2D eigenvalue weighted by Crippen LogP contribution is -2.45. The van der Waals surface area contributed by atoms with Crippen molar-refractivity contribution in [1.82, 2.24) is 5.32 Å². The smallest absolute Gasteiger partial charge is 0.0917 e. The number of nitrogens with zero attached hydrogens (tertiary/aromatic N) is 1. The minimum Gasteiger partial charge on any atom is -0.387 e. The van der Waals surface area contributed by atoms with Crippen LogP contribution in [0.4, 0.5) is 5.69 Å². The monoisotopic (exact) mass is 268 g/mol. The lowest BCUT2D eigenvalue weighted by molar-refractivity contribution is 0.0726. The number of hydrogen-bond acceptors (Lipinski definition) is 3. The van der Waals surface area contributed by atoms with Gasteiger partial charge in [0.2, 0.25) is 0 Å². The molecule has 0 saturated carbocycles. The third-order valence-electron chi connectivity index (χ3n) is 3.54. The standard InChI is InChI=1S/C14H21ClN2O/c1-10-7-16-8-14(3,18)9-17(10)13-6-4-5-12(15)11(13)2/h4-6,10,16,18H,7-9H2,1-3H3. The van der Waals surface area contributed by atoms with Gasteiger partial charge in [0.1, 0.15) is 0 Å². The van der Waals surface area contributed by atoms with Gasteiger partial charge in [-0.15, -0.1) is 0 Å². The van der Waals surface area contributed by atoms with Crippen LogP contribution in [0.1, 0.15) is 19.4 Å². The van der Waals surface area contributed by atoms with E-state index in [1.165, 1.54) is 0 Å². The Bertz CT molecular complexity index is 434. The fraction of sp³-hybridized carbons (Fsp3) is 0.571. The highest BCUT2D eigenvalue weighted by atomic mass is 35.5. The first-order valence-electron chi connectivity index (χ1n) is 6.35. The molecule has 0 bridgehead atoms. The fourth-order valence-corrected chi connectivity index (χ4v) is 2.64. The van der Waals surface area contributed by atoms with Crippen LogP contribution in [0.3, 0.4) is 0 Å². The molecule has 0 radical (unpaired) electrons. The fourth-order valence-electron chi connectivity index (χ4n) is 2.47. The van der Waals surface area contributed by atoms with Gasteiger partial charge in [0.25, 0.3) is 0 Å². The van der Waals surface area contributed by atoms with Crippen molar-refractivity contribution < 1.29 is 5.11 Å². The van der Waals surface area contributed by atoms with Crippen LogP contribution in [-0.2, 0) is 0 Å². The first kappa shape index (κ1) is 13.7. The summed E-state index contributed by atoms with van der Waals surface area (Å²) in [7, 11) is 0. The number of benzene rings is 1. The van der Waals surface area contributed by atoms with Crippen molar-refractivity contribution in [2.75, 3.05) is 24.5 Å². The van der Waals surface area contributed by atoms with Gasteiger partial charge >= 0.3 is 0 Å². The van der Waals surface area contributed by atoms with Gasteiger partial charge in [-0.3, -0.25) is 0 Å². The van der Waals surface area contributed by atoms with Crippen LogP contribution >= 0.6 is 11.6 Å². The van der Waals surface area contributed by atoms with Crippen molar-refractivity contribution in [1.29, 1.82) is 0 Å². The summed E-state index contributed by atoms with van der Waals surface area (Å²) >= 11 is 6.19. The molecule has 1 aliphatic heterocycles. The Morgan fingerprint density at radius 2 is 2.22 bits per heavy atom. The molecule has 1 aromatic rings. The molecule has 1 aromatic carbocycles. The van der Waals surface area contributed by atoms with E-state index < -0.39 is 5.60 Å². The van der Waals surface area contributed by atoms with Crippen molar-refractivity contribution in [3.05, 3.63) is 28.8 Å². The molecule has 1 fully saturated rings. The van der Waals surface area contributed by atoms with Gasteiger partial charge < -0.3 is 15.3 Å². The molecule has 2 rings (SSSR count). The quantitative estimate of drug-likeness (QED) is 0.820. The Kier molecular flexibility index (Phi) is 3.85. The summed E-state index contributed by atoms with van der Waals surface area (Å²) < 4.78 is 0. The van der Waals surface area contributed by atoms with E-state index in [1.54, 1.807) is 0 Å². The van der Waals surface area contributed by atoms with Gasteiger partial charge in [-0.05, 0) is 38.5 Å². The Labute approximate surface area is 114 Å². The second kappa shape index (κ2) is 5.08. The number of nitrogens with one attached hydrogen (secondary N) is 1. The molecular formula is C14H21ClN2O. The van der Waals surface area contributed by atoms with Crippen LogP contribution in [-0.4, -0.2) is 36.4 Å². The van der Waals surface area contributed by atoms with Crippen molar-refractivity contribution in [3.63, 3.8) is 0 Å². The molecule has 2 unspecified atom stereocenters. The van der Waals surface area contributed by atoms with Gasteiger partial charge in [-0.2, -0.15) is 0 Å². The van der Waals surface area contributed by atoms with Crippen LogP contribution in [0.2, 0.25) is 5.02 Å². The predicted octanol–water partition coefficient (Wildman–Crippen LogP) is 2.20. The number of hydrogen-bond donors (Lipinski definition) is 2. The number of halogens is 1. The number of aliphatic hydroxyl groups is 1. The van der Waals surface area contributed by atoms with E-state index in [0.717, 1.165) is 22.8 Å². The largest absolute Gasteiger partial charge is 0.387 e. The number of β-amino-alcohol motifs (C(OH)–C–C–N with tert-alkyl or cyclic N) is 1. The Morgan fingerprint density at radius 1 is 1.50 bits per heavy atom. The Morgan fingerprint density at radius 3 is 2.94 bits per heavy atom. The van der Waals surface area contributed by atoms with E-state index >= 15 is 0 Å². The van der Waals surface area contributed by atoms with Crippen LogP contribution in [0.5, 0.6) is 0 Å². The molecule has 0 spiro atoms. The second-order valence-corrected chi connectivity index (χ2v) is 5.90. The molecule has 1 saturated heterocycles. The molecule has 4 heteroatoms. The van der Waals surface area contributed by atoms with Crippen molar-refractivity contribution >= 4 is 17.3 Å². The maximum Gasteiger partial charge on any atom is 0.0917 e. The molecular weight excluding hydrogens is 248 g/mol. The van der Waals surface area contributed by atoms with Crippen molar-refractivity contribution in [3.8, 4) is 0 Å². The normalized spacial score (nSPS) is 29.2. The molecule has 1 aliphatic rings. The molecule has 2 atom stereocenters. The van der Waals surface area contributed by atoms with E-state index in [-0.39, 0.29) is 0 Å². The maximum atomic E-state index is 10.3. The Hall–Kier alpha value is -0.770. The summed E-state index contributed by atoms with van der Waals surface area (Å²) in [6, 6.07) is 6.26. The zero-order valence-electron chi connectivity index (χ0n) is 11.2. The highest BCUT2D eigenvalue weighted by molar-refractivity contribution is 6.31. The predicted molar refractivity (Wildman–Crippen MR) is 76.5 cm³/mol. The zero-order chi connectivity index (χ0) is 13.3. The van der Waals surface area contributed by atoms with E-state index in [4.69, 9.17) is 11.6 Å². The zero-order valence-corrected chi connectivity index (χ0v) is 12.0. The lowest BCUT2D eigenvalue weighted by atomic mass is 10.1. The van der Waals surface area contributed by atoms with Crippen LogP contribution in [0.15, 0.2) is 18.2 Å². The van der Waals surface area contributed by atoms with E-state index in [9.17, 15) is 5.11 Å². The average Bonchev–Trinajstić information content (AvgIpc) is 2.42. The maximum absolute atomic E-state index is 10.3. The summed E-state index contributed by atoms with van der Waals surface area (Å²) in [6.07, 6.45) is 0. The number of rotatable bonds is 1. The third kappa shape index (κ3) is 2.79. The van der Waals surface area contributed by atoms with Gasteiger partial charge in [0.05, 0.1) is 5.60 Å². The first-order chi connectivity index (χ1) is 8.41. The summed E-state index contributed by atoms with van der Waals surface area (Å²) in [5, 5.41) is 14.4. The average molecular weight is 269 g/mol. The molecule has 0 aliphatic carbocycles. The lowest BCUT2D eigenvalue weighted by Gasteiger charge is -2.34. The number of anilines is 1. The molecule has 1 heterocycles. The third-order valence-corrected chi connectivity index (χ3v) is 3.95. The Balaban J connectivity index is 2.37. The van der Waals surface area contributed by atoms with Gasteiger partial charge in [-0.1, -0.05) is 17.7 Å². The van der Waals surface area contributed by atoms with Crippen molar-refractivity contribution in [2.45, 2.75) is 32.4 Å². The van der Waals surface area contributed by atoms with E-state index in [2.05, 4.69) is 23.2 Å². The minimum absolute atomic E-state index is 0.330. The summed E-state index contributed by atoms with van der Waals surface area (Å²) in [5.41, 5.74) is 1.46. The molecule has 3 nitrogen and oxygen atoms in total. The molecule has 100 valence electrons. The molecule has 0 aromatic heterocycles. The van der Waals surface area contributed by atoms with E-state index in [0.29, 0.717) is 19.1 Å². The minimum atomic E-state index is -0.723. The van der Waals surface area contributed by atoms with Gasteiger partial charge in [0, 0.05) is 36.4 Å². The SMILES string of the molecule is Cc1c(Cl)cccc1N1CC(C)(O)CNCC1C. The second-order valence-electron chi connectivity index (χ2n) is 5.49. The van der Waals surface area contributed by atoms with Gasteiger partial charge in [-0.25, -0.2) is 0 Å². The van der Waals surface area contributed by atoms with Crippen LogP contribution in [0.25, 0.3) is 0 Å². The molecule has 0 amide bonds. The summed E-state index contributed by atoms with van der Waals surface area (Å²) in [6.45, 7) is 8.15. The van der Waals surface area contributed by atoms with Crippen molar-refractivity contribution in [2.24, 2.45) is 0 Å². The van der Waals surface area contributed by atoms with Gasteiger partial charge in [0.15, 0.2) is 0 Å². The highest BCUT2D eigenvalue weighted by Crippen LogP contribution is 2.29. The summed E-state index contributed by atoms with van der Waals surface area (Å²) in [4.78, 5) is 2.24. The highest BCUT2D eigenvalue weighted by Gasteiger charge is 2.30. The van der Waals surface area contributed by atoms with Crippen LogP contribution in [0, 0.1) is 6.92 Å². The van der Waals surface area contributed by atoms with Crippen LogP contribution < -0.4 is 10.2 Å². The summed E-state index contributed by atoms with van der Waals surface area (Å²) in [5.74, 6) is 0.